The molecule has 0 aliphatic heterocycles. The third-order valence-corrected chi connectivity index (χ3v) is 3.65. The summed E-state index contributed by atoms with van der Waals surface area (Å²) in [4.78, 5) is 17.3. The number of nitrogens with zero attached hydrogens (tertiary/aromatic N) is 2. The van der Waals surface area contributed by atoms with E-state index in [9.17, 15) is 4.79 Å². The molecule has 0 spiro atoms. The maximum Gasteiger partial charge on any atom is 0.259 e. The van der Waals surface area contributed by atoms with Crippen LogP contribution in [0.1, 0.15) is 12.0 Å². The van der Waals surface area contributed by atoms with Crippen LogP contribution in [0, 0.1) is 0 Å². The van der Waals surface area contributed by atoms with Crippen molar-refractivity contribution in [3.8, 4) is 5.69 Å². The number of aromatic nitrogens is 2. The molecule has 0 radical (unpaired) electrons. The third kappa shape index (κ3) is 2.78. The number of benzene rings is 1. The summed E-state index contributed by atoms with van der Waals surface area (Å²) in [6.07, 6.45) is 3.24. The van der Waals surface area contributed by atoms with Gasteiger partial charge in [-0.15, -0.1) is 0 Å². The van der Waals surface area contributed by atoms with Crippen molar-refractivity contribution in [3.05, 3.63) is 70.6 Å². The SMILES string of the molecule is COCCCc1cc2cccnc2n(-c2ccccc2)c1=O. The molecule has 0 bridgehead atoms. The van der Waals surface area contributed by atoms with E-state index in [1.807, 2.05) is 48.5 Å². The van der Waals surface area contributed by atoms with Gasteiger partial charge < -0.3 is 4.74 Å². The van der Waals surface area contributed by atoms with Crippen LogP contribution in [0.15, 0.2) is 59.5 Å². The highest BCUT2D eigenvalue weighted by atomic mass is 16.5. The van der Waals surface area contributed by atoms with Crippen molar-refractivity contribution in [1.82, 2.24) is 9.55 Å². The van der Waals surface area contributed by atoms with Crippen LogP contribution in [0.5, 0.6) is 0 Å². The Hall–Kier alpha value is -2.46. The van der Waals surface area contributed by atoms with E-state index in [1.165, 1.54) is 0 Å². The zero-order chi connectivity index (χ0) is 15.4. The number of hydrogen-bond acceptors (Lipinski definition) is 3. The Labute approximate surface area is 129 Å². The lowest BCUT2D eigenvalue weighted by atomic mass is 10.1. The lowest BCUT2D eigenvalue weighted by Gasteiger charge is -2.12. The van der Waals surface area contributed by atoms with Crippen molar-refractivity contribution < 1.29 is 4.74 Å². The van der Waals surface area contributed by atoms with E-state index >= 15 is 0 Å². The molecular formula is C18H18N2O2. The van der Waals surface area contributed by atoms with Crippen LogP contribution >= 0.6 is 0 Å². The second-order valence-electron chi connectivity index (χ2n) is 5.16. The first-order chi connectivity index (χ1) is 10.8. The summed E-state index contributed by atoms with van der Waals surface area (Å²) in [5, 5.41) is 0.971. The molecule has 2 aromatic heterocycles. The van der Waals surface area contributed by atoms with Crippen LogP contribution in [0.2, 0.25) is 0 Å². The molecule has 4 heteroatoms. The van der Waals surface area contributed by atoms with Crippen molar-refractivity contribution in [1.29, 1.82) is 0 Å². The fourth-order valence-corrected chi connectivity index (χ4v) is 2.60. The molecule has 4 nitrogen and oxygen atoms in total. The lowest BCUT2D eigenvalue weighted by Crippen LogP contribution is -2.23. The Balaban J connectivity index is 2.19. The Morgan fingerprint density at radius 1 is 1.14 bits per heavy atom. The summed E-state index contributed by atoms with van der Waals surface area (Å²) in [6.45, 7) is 0.649. The molecule has 0 amide bonds. The molecule has 112 valence electrons. The van der Waals surface area contributed by atoms with E-state index in [-0.39, 0.29) is 5.56 Å². The number of pyridine rings is 2. The first-order valence-electron chi connectivity index (χ1n) is 7.35. The Morgan fingerprint density at radius 3 is 2.73 bits per heavy atom. The number of methoxy groups -OCH3 is 1. The quantitative estimate of drug-likeness (QED) is 0.680. The maximum atomic E-state index is 12.9. The molecule has 3 rings (SSSR count). The standard InChI is InChI=1S/C18H18N2O2/c1-22-12-6-8-15-13-14-7-5-11-19-17(14)20(18(15)21)16-9-3-2-4-10-16/h2-5,7,9-11,13H,6,8,12H2,1H3. The minimum atomic E-state index is -0.00602. The van der Waals surface area contributed by atoms with Gasteiger partial charge in [-0.3, -0.25) is 9.36 Å². The number of rotatable bonds is 5. The molecule has 0 aliphatic rings. The fourth-order valence-electron chi connectivity index (χ4n) is 2.60. The van der Waals surface area contributed by atoms with Gasteiger partial charge in [0.2, 0.25) is 0 Å². The Morgan fingerprint density at radius 2 is 1.95 bits per heavy atom. The lowest BCUT2D eigenvalue weighted by molar-refractivity contribution is 0.195. The number of fused-ring (bicyclic) bond motifs is 1. The first-order valence-corrected chi connectivity index (χ1v) is 7.35. The van der Waals surface area contributed by atoms with Gasteiger partial charge in [0.1, 0.15) is 5.65 Å². The van der Waals surface area contributed by atoms with Crippen LogP contribution in [-0.4, -0.2) is 23.3 Å². The normalized spacial score (nSPS) is 11.0. The van der Waals surface area contributed by atoms with Gasteiger partial charge in [0.15, 0.2) is 0 Å². The smallest absolute Gasteiger partial charge is 0.259 e. The second-order valence-corrected chi connectivity index (χ2v) is 5.16. The van der Waals surface area contributed by atoms with Gasteiger partial charge in [0, 0.05) is 30.9 Å². The molecule has 0 N–H and O–H groups in total. The monoisotopic (exact) mass is 294 g/mol. The summed E-state index contributed by atoms with van der Waals surface area (Å²) in [7, 11) is 1.67. The number of hydrogen-bond donors (Lipinski definition) is 0. The molecule has 22 heavy (non-hydrogen) atoms. The van der Waals surface area contributed by atoms with Crippen LogP contribution in [0.25, 0.3) is 16.7 Å². The average molecular weight is 294 g/mol. The Kier molecular flexibility index (Phi) is 4.30. The topological polar surface area (TPSA) is 44.1 Å². The maximum absolute atomic E-state index is 12.9. The fraction of sp³-hybridized carbons (Fsp3) is 0.222. The van der Waals surface area contributed by atoms with Crippen LogP contribution in [0.3, 0.4) is 0 Å². The molecule has 0 saturated heterocycles. The predicted molar refractivity (Wildman–Crippen MR) is 87.5 cm³/mol. The van der Waals surface area contributed by atoms with E-state index in [1.54, 1.807) is 17.9 Å². The summed E-state index contributed by atoms with van der Waals surface area (Å²) in [6, 6.07) is 15.5. The van der Waals surface area contributed by atoms with Crippen molar-refractivity contribution in [2.45, 2.75) is 12.8 Å². The molecule has 2 heterocycles. The van der Waals surface area contributed by atoms with Gasteiger partial charge in [-0.2, -0.15) is 0 Å². The molecule has 1 aromatic carbocycles. The molecule has 3 aromatic rings. The van der Waals surface area contributed by atoms with E-state index in [0.29, 0.717) is 18.7 Å². The number of ether oxygens (including phenoxy) is 1. The summed E-state index contributed by atoms with van der Waals surface area (Å²) in [5.74, 6) is 0. The van der Waals surface area contributed by atoms with Gasteiger partial charge in [-0.05, 0) is 43.2 Å². The molecule has 0 unspecified atom stereocenters. The van der Waals surface area contributed by atoms with Crippen LogP contribution in [-0.2, 0) is 11.2 Å². The predicted octanol–water partition coefficient (Wildman–Crippen LogP) is 2.96. The van der Waals surface area contributed by atoms with E-state index in [0.717, 1.165) is 23.1 Å². The van der Waals surface area contributed by atoms with Gasteiger partial charge in [0.25, 0.3) is 5.56 Å². The molecule has 0 fully saturated rings. The first kappa shape index (κ1) is 14.5. The van der Waals surface area contributed by atoms with E-state index < -0.39 is 0 Å². The highest BCUT2D eigenvalue weighted by Gasteiger charge is 2.11. The van der Waals surface area contributed by atoms with Crippen LogP contribution in [0.4, 0.5) is 0 Å². The van der Waals surface area contributed by atoms with Gasteiger partial charge >= 0.3 is 0 Å². The minimum absolute atomic E-state index is 0.00602. The highest BCUT2D eigenvalue weighted by Crippen LogP contribution is 2.16. The van der Waals surface area contributed by atoms with Crippen molar-refractivity contribution in [2.75, 3.05) is 13.7 Å². The summed E-state index contributed by atoms with van der Waals surface area (Å²) >= 11 is 0. The Bertz CT molecular complexity index is 825. The highest BCUT2D eigenvalue weighted by molar-refractivity contribution is 5.77. The molecule has 0 aliphatic carbocycles. The molecule has 0 saturated carbocycles. The number of para-hydroxylation sites is 1. The molecule has 0 atom stereocenters. The van der Waals surface area contributed by atoms with Gasteiger partial charge in [0.05, 0.1) is 5.69 Å². The van der Waals surface area contributed by atoms with Crippen LogP contribution < -0.4 is 5.56 Å². The van der Waals surface area contributed by atoms with Gasteiger partial charge in [-0.1, -0.05) is 18.2 Å². The number of aryl methyl sites for hydroxylation is 1. The summed E-state index contributed by atoms with van der Waals surface area (Å²) < 4.78 is 6.78. The van der Waals surface area contributed by atoms with Crippen molar-refractivity contribution >= 4 is 11.0 Å². The zero-order valence-electron chi connectivity index (χ0n) is 12.5. The summed E-state index contributed by atoms with van der Waals surface area (Å²) in [5.41, 5.74) is 2.31. The zero-order valence-corrected chi connectivity index (χ0v) is 12.5. The average Bonchev–Trinajstić information content (AvgIpc) is 2.56. The largest absolute Gasteiger partial charge is 0.385 e. The van der Waals surface area contributed by atoms with E-state index in [4.69, 9.17) is 4.74 Å². The van der Waals surface area contributed by atoms with Crippen molar-refractivity contribution in [3.63, 3.8) is 0 Å². The van der Waals surface area contributed by atoms with Crippen molar-refractivity contribution in [2.24, 2.45) is 0 Å². The molecular weight excluding hydrogens is 276 g/mol. The minimum Gasteiger partial charge on any atom is -0.385 e. The van der Waals surface area contributed by atoms with Gasteiger partial charge in [-0.25, -0.2) is 4.98 Å². The van der Waals surface area contributed by atoms with E-state index in [2.05, 4.69) is 4.98 Å². The third-order valence-electron chi connectivity index (χ3n) is 3.65. The second kappa shape index (κ2) is 6.54.